The number of aromatic nitrogens is 2. The Kier molecular flexibility index (Phi) is 2.40. The molecule has 0 radical (unpaired) electrons. The fourth-order valence-corrected chi connectivity index (χ4v) is 2.28. The van der Waals surface area contributed by atoms with Gasteiger partial charge in [-0.1, -0.05) is 0 Å². The van der Waals surface area contributed by atoms with Crippen LogP contribution in [-0.4, -0.2) is 50.9 Å². The average Bonchev–Trinajstić information content (AvgIpc) is 2.41. The summed E-state index contributed by atoms with van der Waals surface area (Å²) in [7, 11) is -4.13. The van der Waals surface area contributed by atoms with Gasteiger partial charge in [0.25, 0.3) is 0 Å². The van der Waals surface area contributed by atoms with Crippen molar-refractivity contribution in [1.82, 2.24) is 9.97 Å². The van der Waals surface area contributed by atoms with E-state index in [0.717, 1.165) is 36.5 Å². The maximum atomic E-state index is 10.8. The van der Waals surface area contributed by atoms with Crippen LogP contribution in [0.15, 0.2) is 23.1 Å². The van der Waals surface area contributed by atoms with E-state index in [1.807, 2.05) is 0 Å². The van der Waals surface area contributed by atoms with Gasteiger partial charge in [0, 0.05) is 0 Å². The molecule has 0 unspecified atom stereocenters. The van der Waals surface area contributed by atoms with E-state index >= 15 is 0 Å². The molecule has 0 bridgehead atoms. The van der Waals surface area contributed by atoms with Gasteiger partial charge in [0.1, 0.15) is 0 Å². The average molecular weight is 220 g/mol. The summed E-state index contributed by atoms with van der Waals surface area (Å²) in [6, 6.07) is 4.28. The van der Waals surface area contributed by atoms with Gasteiger partial charge in [-0.25, -0.2) is 0 Å². The Morgan fingerprint density at radius 3 is 2.79 bits per heavy atom. The molecule has 0 aliphatic rings. The van der Waals surface area contributed by atoms with Crippen LogP contribution >= 0.6 is 0 Å². The molecule has 5 nitrogen and oxygen atoms in total. The number of nitrogens with one attached hydrogen (secondary N) is 1. The second kappa shape index (κ2) is 3.32. The number of imidazole rings is 1. The standard InChI is InChI=1S/C7H5N2O3S.Na/c10-13(11,12)5-1-2-6-7(3-5)9-4-8-6;/h1-3H,(H,8,9)(H,10,11,12);. The van der Waals surface area contributed by atoms with E-state index in [1.54, 1.807) is 6.07 Å². The molecule has 1 aromatic carbocycles. The number of fused-ring (bicyclic) bond motifs is 1. The second-order valence-electron chi connectivity index (χ2n) is 2.98. The number of nitrogens with zero attached hydrogens (tertiary/aromatic N) is 1. The minimum absolute atomic E-state index is 0.127. The molecule has 2 N–H and O–H groups in total. The third-order valence-corrected chi connectivity index (χ3v) is 3.19. The van der Waals surface area contributed by atoms with E-state index in [0.29, 0.717) is 5.52 Å². The quantitative estimate of drug-likeness (QED) is 0.506. The number of hydrogen-bond acceptors (Lipinski definition) is 3. The Balaban J connectivity index is 2.74. The minimum atomic E-state index is -4.13. The second-order valence-corrected chi connectivity index (χ2v) is 5.34. The van der Waals surface area contributed by atoms with Gasteiger partial charge in [0.2, 0.25) is 0 Å². The zero-order chi connectivity index (χ0) is 10.3. The predicted molar refractivity (Wildman–Crippen MR) is 51.3 cm³/mol. The van der Waals surface area contributed by atoms with E-state index in [9.17, 15) is 8.42 Å². The van der Waals surface area contributed by atoms with Gasteiger partial charge in [-0.2, -0.15) is 0 Å². The SMILES string of the molecule is O=S(=O)(O)c1ccc2[nH][c]([Na])nc2c1. The third kappa shape index (κ3) is 1.84. The van der Waals surface area contributed by atoms with E-state index < -0.39 is 10.1 Å². The topological polar surface area (TPSA) is 83.0 Å². The summed E-state index contributed by atoms with van der Waals surface area (Å²) in [5.41, 5.74) is 1.34. The molecule has 68 valence electrons. The summed E-state index contributed by atoms with van der Waals surface area (Å²) in [6.45, 7) is 0. The van der Waals surface area contributed by atoms with Crippen molar-refractivity contribution in [2.45, 2.75) is 4.90 Å². The fourth-order valence-electron chi connectivity index (χ4n) is 1.27. The molecule has 0 fully saturated rings. The molecule has 2 aromatic rings. The van der Waals surface area contributed by atoms with Gasteiger partial charge >= 0.3 is 98.2 Å². The first-order chi connectivity index (χ1) is 6.47. The van der Waals surface area contributed by atoms with Crippen molar-refractivity contribution in [3.05, 3.63) is 18.2 Å². The molecular formula is C7H5N2NaO3S. The Hall–Kier alpha value is -0.400. The van der Waals surface area contributed by atoms with Crippen LogP contribution < -0.4 is 3.07 Å². The summed E-state index contributed by atoms with van der Waals surface area (Å²) in [4.78, 5) is 7.00. The first-order valence-corrected chi connectivity index (χ1v) is 6.35. The summed E-state index contributed by atoms with van der Waals surface area (Å²) < 4.78 is 31.3. The predicted octanol–water partition coefficient (Wildman–Crippen LogP) is -0.397. The Labute approximate surface area is 97.7 Å². The third-order valence-electron chi connectivity index (χ3n) is 1.87. The summed E-state index contributed by atoms with van der Waals surface area (Å²) in [6.07, 6.45) is 0. The molecule has 2 rings (SSSR count). The van der Waals surface area contributed by atoms with E-state index in [-0.39, 0.29) is 4.90 Å². The molecule has 14 heavy (non-hydrogen) atoms. The van der Waals surface area contributed by atoms with Crippen molar-refractivity contribution in [3.8, 4) is 0 Å². The van der Waals surface area contributed by atoms with Crippen LogP contribution in [-0.2, 0) is 10.1 Å². The van der Waals surface area contributed by atoms with Crippen LogP contribution in [0.3, 0.4) is 0 Å². The van der Waals surface area contributed by atoms with E-state index in [2.05, 4.69) is 9.97 Å². The van der Waals surface area contributed by atoms with Crippen LogP contribution in [0.4, 0.5) is 0 Å². The fraction of sp³-hybridized carbons (Fsp3) is 0. The van der Waals surface area contributed by atoms with Crippen molar-refractivity contribution in [2.24, 2.45) is 0 Å². The number of benzene rings is 1. The normalized spacial score (nSPS) is 12.2. The molecule has 1 aromatic heterocycles. The van der Waals surface area contributed by atoms with Crippen LogP contribution in [0.5, 0.6) is 0 Å². The maximum absolute atomic E-state index is 10.8. The van der Waals surface area contributed by atoms with Gasteiger partial charge in [0.15, 0.2) is 0 Å². The summed E-state index contributed by atoms with van der Waals surface area (Å²) >= 11 is 0.771. The molecule has 0 spiro atoms. The van der Waals surface area contributed by atoms with Crippen LogP contribution in [0.1, 0.15) is 0 Å². The van der Waals surface area contributed by atoms with Gasteiger partial charge in [-0.15, -0.1) is 0 Å². The molecule has 1 heterocycles. The number of rotatable bonds is 1. The van der Waals surface area contributed by atoms with Gasteiger partial charge < -0.3 is 0 Å². The van der Waals surface area contributed by atoms with Crippen LogP contribution in [0.25, 0.3) is 11.0 Å². The molecule has 7 heteroatoms. The zero-order valence-corrected chi connectivity index (χ0v) is 10.2. The van der Waals surface area contributed by atoms with Gasteiger partial charge in [-0.05, 0) is 0 Å². The number of hydrogen-bond donors (Lipinski definition) is 2. The summed E-state index contributed by atoms with van der Waals surface area (Å²) in [5, 5.41) is 0. The monoisotopic (exact) mass is 220 g/mol. The van der Waals surface area contributed by atoms with Crippen LogP contribution in [0, 0.1) is 0 Å². The zero-order valence-electron chi connectivity index (χ0n) is 7.35. The first-order valence-electron chi connectivity index (χ1n) is 3.91. The van der Waals surface area contributed by atoms with E-state index in [1.165, 1.54) is 12.1 Å². The molecule has 0 aliphatic heterocycles. The van der Waals surface area contributed by atoms with Crippen LogP contribution in [0.2, 0.25) is 0 Å². The Morgan fingerprint density at radius 2 is 2.14 bits per heavy atom. The number of aromatic amines is 1. The summed E-state index contributed by atoms with van der Waals surface area (Å²) in [5.74, 6) is 0. The molecule has 0 atom stereocenters. The van der Waals surface area contributed by atoms with E-state index in [4.69, 9.17) is 4.55 Å². The van der Waals surface area contributed by atoms with Crippen molar-refractivity contribution in [2.75, 3.05) is 0 Å². The van der Waals surface area contributed by atoms with Gasteiger partial charge in [0.05, 0.1) is 0 Å². The van der Waals surface area contributed by atoms with Crippen molar-refractivity contribution >= 4 is 52.2 Å². The molecule has 0 saturated carbocycles. The molecule has 0 amide bonds. The molecular weight excluding hydrogens is 215 g/mol. The van der Waals surface area contributed by atoms with Crippen molar-refractivity contribution in [3.63, 3.8) is 0 Å². The van der Waals surface area contributed by atoms with Crippen molar-refractivity contribution < 1.29 is 13.0 Å². The number of H-pyrrole nitrogens is 1. The Morgan fingerprint density at radius 1 is 1.43 bits per heavy atom. The Bertz CT molecular complexity index is 590. The molecule has 0 aliphatic carbocycles. The molecule has 0 saturated heterocycles. The first kappa shape index (κ1) is 10.1. The van der Waals surface area contributed by atoms with Gasteiger partial charge in [-0.3, -0.25) is 0 Å². The van der Waals surface area contributed by atoms with Crippen molar-refractivity contribution in [1.29, 1.82) is 0 Å².